The van der Waals surface area contributed by atoms with E-state index in [9.17, 15) is 4.79 Å². The first-order chi connectivity index (χ1) is 10.8. The van der Waals surface area contributed by atoms with Gasteiger partial charge in [0.15, 0.2) is 0 Å². The lowest BCUT2D eigenvalue weighted by molar-refractivity contribution is -0.126. The van der Waals surface area contributed by atoms with Gasteiger partial charge in [0.1, 0.15) is 18.1 Å². The smallest absolute Gasteiger partial charge is 0.227 e. The van der Waals surface area contributed by atoms with Crippen molar-refractivity contribution in [3.05, 3.63) is 35.4 Å². The van der Waals surface area contributed by atoms with Gasteiger partial charge in [-0.2, -0.15) is 0 Å². The number of rotatable bonds is 4. The molecule has 1 aliphatic heterocycles. The SMILES string of the molecule is COc1ccc2c(c1)OC[C@@H](C(=O)NCC1=CCCCC1)C2. The van der Waals surface area contributed by atoms with E-state index in [2.05, 4.69) is 11.4 Å². The zero-order valence-electron chi connectivity index (χ0n) is 13.1. The molecule has 1 aliphatic carbocycles. The van der Waals surface area contributed by atoms with Crippen molar-refractivity contribution in [3.8, 4) is 11.5 Å². The first-order valence-electron chi connectivity index (χ1n) is 8.01. The molecule has 0 saturated carbocycles. The van der Waals surface area contributed by atoms with Crippen LogP contribution in [0.15, 0.2) is 29.8 Å². The van der Waals surface area contributed by atoms with Crippen LogP contribution < -0.4 is 14.8 Å². The fourth-order valence-corrected chi connectivity index (χ4v) is 3.06. The van der Waals surface area contributed by atoms with Crippen molar-refractivity contribution in [3.63, 3.8) is 0 Å². The summed E-state index contributed by atoms with van der Waals surface area (Å²) in [5, 5.41) is 3.06. The van der Waals surface area contributed by atoms with E-state index < -0.39 is 0 Å². The first kappa shape index (κ1) is 14.9. The minimum absolute atomic E-state index is 0.0907. The van der Waals surface area contributed by atoms with Crippen LogP contribution in [-0.4, -0.2) is 26.2 Å². The first-order valence-corrected chi connectivity index (χ1v) is 8.01. The molecule has 22 heavy (non-hydrogen) atoms. The van der Waals surface area contributed by atoms with Gasteiger partial charge < -0.3 is 14.8 Å². The monoisotopic (exact) mass is 301 g/mol. The van der Waals surface area contributed by atoms with E-state index in [1.165, 1.54) is 18.4 Å². The van der Waals surface area contributed by atoms with E-state index in [0.29, 0.717) is 13.2 Å². The molecule has 3 rings (SSSR count). The normalized spacial score (nSPS) is 20.4. The Bertz CT molecular complexity index is 580. The molecule has 118 valence electrons. The molecule has 1 amide bonds. The molecule has 4 nitrogen and oxygen atoms in total. The molecule has 1 heterocycles. The molecule has 0 spiro atoms. The minimum atomic E-state index is -0.106. The standard InChI is InChI=1S/C18H23NO3/c1-21-16-8-7-14-9-15(12-22-17(14)10-16)18(20)19-11-13-5-3-2-4-6-13/h5,7-8,10,15H,2-4,6,9,11-12H2,1H3,(H,19,20)/t15-/m0/s1. The van der Waals surface area contributed by atoms with Crippen molar-refractivity contribution >= 4 is 5.91 Å². The summed E-state index contributed by atoms with van der Waals surface area (Å²) in [7, 11) is 1.64. The van der Waals surface area contributed by atoms with Gasteiger partial charge in [-0.15, -0.1) is 0 Å². The van der Waals surface area contributed by atoms with Gasteiger partial charge in [-0.05, 0) is 43.7 Å². The lowest BCUT2D eigenvalue weighted by Crippen LogP contribution is -2.38. The third-order valence-corrected chi connectivity index (χ3v) is 4.43. The Kier molecular flexibility index (Phi) is 4.66. The molecule has 1 N–H and O–H groups in total. The Morgan fingerprint density at radius 2 is 2.32 bits per heavy atom. The quantitative estimate of drug-likeness (QED) is 0.870. The summed E-state index contributed by atoms with van der Waals surface area (Å²) in [5.41, 5.74) is 2.44. The molecule has 0 radical (unpaired) electrons. The van der Waals surface area contributed by atoms with Gasteiger partial charge in [0.25, 0.3) is 0 Å². The number of nitrogens with one attached hydrogen (secondary N) is 1. The van der Waals surface area contributed by atoms with Crippen LogP contribution in [0.4, 0.5) is 0 Å². The number of fused-ring (bicyclic) bond motifs is 1. The van der Waals surface area contributed by atoms with Gasteiger partial charge in [0, 0.05) is 12.6 Å². The molecule has 0 aromatic heterocycles. The van der Waals surface area contributed by atoms with E-state index in [1.54, 1.807) is 7.11 Å². The van der Waals surface area contributed by atoms with Crippen LogP contribution >= 0.6 is 0 Å². The van der Waals surface area contributed by atoms with Crippen LogP contribution in [0.2, 0.25) is 0 Å². The molecule has 2 aliphatic rings. The van der Waals surface area contributed by atoms with Crippen molar-refractivity contribution in [1.29, 1.82) is 0 Å². The van der Waals surface area contributed by atoms with Gasteiger partial charge in [-0.25, -0.2) is 0 Å². The second kappa shape index (κ2) is 6.86. The van der Waals surface area contributed by atoms with Gasteiger partial charge in [0.05, 0.1) is 13.0 Å². The van der Waals surface area contributed by atoms with Crippen molar-refractivity contribution in [1.82, 2.24) is 5.32 Å². The van der Waals surface area contributed by atoms with Gasteiger partial charge in [-0.1, -0.05) is 17.7 Å². The highest BCUT2D eigenvalue weighted by Gasteiger charge is 2.26. The highest BCUT2D eigenvalue weighted by Crippen LogP contribution is 2.31. The molecule has 1 atom stereocenters. The van der Waals surface area contributed by atoms with E-state index in [0.717, 1.165) is 36.3 Å². The number of hydrogen-bond donors (Lipinski definition) is 1. The molecule has 0 unspecified atom stereocenters. The summed E-state index contributed by atoms with van der Waals surface area (Å²) in [6.07, 6.45) is 7.77. The predicted octanol–water partition coefficient (Wildman–Crippen LogP) is 2.86. The summed E-state index contributed by atoms with van der Waals surface area (Å²) in [5.74, 6) is 1.60. The van der Waals surface area contributed by atoms with Gasteiger partial charge >= 0.3 is 0 Å². The molecule has 1 aromatic carbocycles. The fraction of sp³-hybridized carbons (Fsp3) is 0.500. The number of ether oxygens (including phenoxy) is 2. The average Bonchev–Trinajstić information content (AvgIpc) is 2.59. The lowest BCUT2D eigenvalue weighted by Gasteiger charge is -2.25. The maximum atomic E-state index is 12.3. The van der Waals surface area contributed by atoms with E-state index in [4.69, 9.17) is 9.47 Å². The molecular formula is C18H23NO3. The minimum Gasteiger partial charge on any atom is -0.497 e. The lowest BCUT2D eigenvalue weighted by atomic mass is 9.95. The molecule has 4 heteroatoms. The topological polar surface area (TPSA) is 47.6 Å². The Morgan fingerprint density at radius 1 is 1.41 bits per heavy atom. The van der Waals surface area contributed by atoms with Crippen molar-refractivity contribution in [2.75, 3.05) is 20.3 Å². The molecule has 0 saturated heterocycles. The second-order valence-corrected chi connectivity index (χ2v) is 6.01. The maximum absolute atomic E-state index is 12.3. The van der Waals surface area contributed by atoms with Crippen LogP contribution in [0, 0.1) is 5.92 Å². The molecular weight excluding hydrogens is 278 g/mol. The Morgan fingerprint density at radius 3 is 3.09 bits per heavy atom. The van der Waals surface area contributed by atoms with Crippen LogP contribution in [0.3, 0.4) is 0 Å². The Hall–Kier alpha value is -1.97. The predicted molar refractivity (Wildman–Crippen MR) is 85.2 cm³/mol. The summed E-state index contributed by atoms with van der Waals surface area (Å²) < 4.78 is 10.9. The highest BCUT2D eigenvalue weighted by atomic mass is 16.5. The number of methoxy groups -OCH3 is 1. The Balaban J connectivity index is 1.57. The molecule has 1 aromatic rings. The number of benzene rings is 1. The third kappa shape index (κ3) is 3.43. The maximum Gasteiger partial charge on any atom is 0.227 e. The van der Waals surface area contributed by atoms with Crippen LogP contribution in [0.1, 0.15) is 31.2 Å². The van der Waals surface area contributed by atoms with Crippen molar-refractivity contribution in [2.45, 2.75) is 32.1 Å². The third-order valence-electron chi connectivity index (χ3n) is 4.43. The summed E-state index contributed by atoms with van der Waals surface area (Å²) >= 11 is 0. The highest BCUT2D eigenvalue weighted by molar-refractivity contribution is 5.79. The van der Waals surface area contributed by atoms with Gasteiger partial charge in [0.2, 0.25) is 5.91 Å². The van der Waals surface area contributed by atoms with Crippen LogP contribution in [0.25, 0.3) is 0 Å². The number of carbonyl (C=O) groups excluding carboxylic acids is 1. The largest absolute Gasteiger partial charge is 0.497 e. The summed E-state index contributed by atoms with van der Waals surface area (Å²) in [6, 6.07) is 5.78. The summed E-state index contributed by atoms with van der Waals surface area (Å²) in [6.45, 7) is 1.12. The van der Waals surface area contributed by atoms with Crippen molar-refractivity contribution < 1.29 is 14.3 Å². The molecule has 0 bridgehead atoms. The van der Waals surface area contributed by atoms with E-state index in [-0.39, 0.29) is 11.8 Å². The fourth-order valence-electron chi connectivity index (χ4n) is 3.06. The zero-order valence-corrected chi connectivity index (χ0v) is 13.1. The van der Waals surface area contributed by atoms with Crippen LogP contribution in [0.5, 0.6) is 11.5 Å². The number of carbonyl (C=O) groups is 1. The number of allylic oxidation sites excluding steroid dienone is 1. The van der Waals surface area contributed by atoms with Crippen molar-refractivity contribution in [2.24, 2.45) is 5.92 Å². The van der Waals surface area contributed by atoms with Crippen LogP contribution in [-0.2, 0) is 11.2 Å². The summed E-state index contributed by atoms with van der Waals surface area (Å²) in [4.78, 5) is 12.3. The van der Waals surface area contributed by atoms with Gasteiger partial charge in [-0.3, -0.25) is 4.79 Å². The average molecular weight is 301 g/mol. The second-order valence-electron chi connectivity index (χ2n) is 6.01. The number of amides is 1. The molecule has 0 fully saturated rings. The number of hydrogen-bond acceptors (Lipinski definition) is 3. The van der Waals surface area contributed by atoms with E-state index in [1.807, 2.05) is 18.2 Å². The Labute approximate surface area is 131 Å². The van der Waals surface area contributed by atoms with E-state index >= 15 is 0 Å². The zero-order chi connectivity index (χ0) is 15.4.